The topological polar surface area (TPSA) is 52.5 Å². The van der Waals surface area contributed by atoms with Crippen molar-refractivity contribution in [2.75, 3.05) is 0 Å². The Bertz CT molecular complexity index is 173. The molecule has 11 heavy (non-hydrogen) atoms. The third-order valence-corrected chi connectivity index (χ3v) is 3.89. The van der Waals surface area contributed by atoms with Crippen molar-refractivity contribution in [1.82, 2.24) is 5.32 Å². The lowest BCUT2D eigenvalue weighted by molar-refractivity contribution is -0.142. The molecule has 6 atom stereocenters. The van der Waals surface area contributed by atoms with Gasteiger partial charge in [0.2, 0.25) is 0 Å². The van der Waals surface area contributed by atoms with Crippen LogP contribution in [0, 0.1) is 23.7 Å². The van der Waals surface area contributed by atoms with E-state index in [9.17, 15) is 10.2 Å². The van der Waals surface area contributed by atoms with Gasteiger partial charge in [-0.25, -0.2) is 0 Å². The van der Waals surface area contributed by atoms with Gasteiger partial charge in [-0.05, 0) is 24.7 Å². The molecule has 3 fully saturated rings. The summed E-state index contributed by atoms with van der Waals surface area (Å²) in [5, 5.41) is 21.7. The average Bonchev–Trinajstić information content (AvgIpc) is 2.11. The molecule has 62 valence electrons. The second-order valence-electron chi connectivity index (χ2n) is 4.12. The fraction of sp³-hybridized carbons (Fsp3) is 1.00. The average molecular weight is 155 g/mol. The van der Waals surface area contributed by atoms with Gasteiger partial charge in [-0.3, -0.25) is 5.32 Å². The molecule has 2 saturated carbocycles. The summed E-state index contributed by atoms with van der Waals surface area (Å²) in [4.78, 5) is 0. The van der Waals surface area contributed by atoms with Gasteiger partial charge in [0.1, 0.15) is 12.5 Å². The first kappa shape index (κ1) is 6.40. The summed E-state index contributed by atoms with van der Waals surface area (Å²) >= 11 is 0. The van der Waals surface area contributed by atoms with Gasteiger partial charge in [-0.2, -0.15) is 0 Å². The Morgan fingerprint density at radius 2 is 1.36 bits per heavy atom. The van der Waals surface area contributed by atoms with Crippen molar-refractivity contribution in [2.24, 2.45) is 23.7 Å². The lowest BCUT2D eigenvalue weighted by atomic mass is 9.47. The molecular formula is C8H13NO2. The molecular weight excluding hydrogens is 142 g/mol. The normalized spacial score (nSPS) is 66.0. The van der Waals surface area contributed by atoms with Crippen LogP contribution in [0.2, 0.25) is 0 Å². The Morgan fingerprint density at radius 1 is 0.909 bits per heavy atom. The first-order valence-corrected chi connectivity index (χ1v) is 4.41. The maximum absolute atomic E-state index is 9.44. The minimum absolute atomic E-state index is 0.365. The molecule has 0 bridgehead atoms. The Kier molecular flexibility index (Phi) is 1.04. The van der Waals surface area contributed by atoms with Crippen LogP contribution in [-0.2, 0) is 0 Å². The van der Waals surface area contributed by atoms with Gasteiger partial charge in [-0.1, -0.05) is 0 Å². The highest BCUT2D eigenvalue weighted by molar-refractivity contribution is 5.10. The highest BCUT2D eigenvalue weighted by Gasteiger charge is 2.63. The highest BCUT2D eigenvalue weighted by atomic mass is 16.3. The molecule has 3 heteroatoms. The zero-order valence-electron chi connectivity index (χ0n) is 6.27. The molecule has 3 rings (SSSR count). The first-order valence-electron chi connectivity index (χ1n) is 4.41. The lowest BCUT2D eigenvalue weighted by Crippen LogP contribution is -2.55. The summed E-state index contributed by atoms with van der Waals surface area (Å²) < 4.78 is 0. The van der Waals surface area contributed by atoms with Crippen LogP contribution >= 0.6 is 0 Å². The van der Waals surface area contributed by atoms with Gasteiger partial charge in [0, 0.05) is 11.8 Å². The Morgan fingerprint density at radius 3 is 1.73 bits per heavy atom. The Labute approximate surface area is 65.4 Å². The molecule has 0 spiro atoms. The smallest absolute Gasteiger partial charge is 0.110 e. The molecule has 0 aromatic carbocycles. The number of nitrogens with one attached hydrogen (secondary N) is 1. The lowest BCUT2D eigenvalue weighted by Gasteiger charge is -2.57. The van der Waals surface area contributed by atoms with E-state index in [2.05, 4.69) is 5.32 Å². The number of fused-ring (bicyclic) bond motifs is 4. The van der Waals surface area contributed by atoms with Crippen molar-refractivity contribution in [1.29, 1.82) is 0 Å². The Hall–Kier alpha value is -0.120. The predicted octanol–water partition coefficient (Wildman–Crippen LogP) is -0.501. The molecule has 2 aliphatic carbocycles. The van der Waals surface area contributed by atoms with Gasteiger partial charge >= 0.3 is 0 Å². The zero-order valence-corrected chi connectivity index (χ0v) is 6.27. The van der Waals surface area contributed by atoms with Crippen molar-refractivity contribution in [3.05, 3.63) is 0 Å². The summed E-state index contributed by atoms with van der Waals surface area (Å²) in [6, 6.07) is 0. The van der Waals surface area contributed by atoms with Crippen LogP contribution in [0.3, 0.4) is 0 Å². The fourth-order valence-electron chi connectivity index (χ4n) is 3.22. The third-order valence-electron chi connectivity index (χ3n) is 3.89. The minimum Gasteiger partial charge on any atom is -0.378 e. The molecule has 1 aliphatic heterocycles. The second-order valence-corrected chi connectivity index (χ2v) is 4.12. The van der Waals surface area contributed by atoms with Crippen LogP contribution < -0.4 is 5.32 Å². The number of rotatable bonds is 0. The highest BCUT2D eigenvalue weighted by Crippen LogP contribution is 2.62. The molecule has 6 unspecified atom stereocenters. The van der Waals surface area contributed by atoms with E-state index in [1.54, 1.807) is 0 Å². The summed E-state index contributed by atoms with van der Waals surface area (Å²) in [5.41, 5.74) is 0. The molecule has 1 heterocycles. The minimum atomic E-state index is -0.434. The summed E-state index contributed by atoms with van der Waals surface area (Å²) in [5.74, 6) is 2.17. The Balaban J connectivity index is 1.86. The molecule has 0 radical (unpaired) electrons. The van der Waals surface area contributed by atoms with Crippen molar-refractivity contribution < 1.29 is 10.2 Å². The number of hydrogen-bond acceptors (Lipinski definition) is 3. The summed E-state index contributed by atoms with van der Waals surface area (Å²) in [6.45, 7) is 0. The number of hydrogen-bond donors (Lipinski definition) is 3. The van der Waals surface area contributed by atoms with E-state index in [0.29, 0.717) is 11.8 Å². The first-order chi connectivity index (χ1) is 5.29. The van der Waals surface area contributed by atoms with E-state index < -0.39 is 12.5 Å². The molecule has 3 aliphatic rings. The summed E-state index contributed by atoms with van der Waals surface area (Å²) in [6.07, 6.45) is 1.65. The predicted molar refractivity (Wildman–Crippen MR) is 38.3 cm³/mol. The quantitative estimate of drug-likeness (QED) is 0.442. The van der Waals surface area contributed by atoms with E-state index in [1.807, 2.05) is 0 Å². The SMILES string of the molecule is OC1NC(O)C2C3CCC3C12. The van der Waals surface area contributed by atoms with Crippen molar-refractivity contribution in [2.45, 2.75) is 25.3 Å². The second kappa shape index (κ2) is 1.79. The number of aliphatic hydroxyl groups excluding tert-OH is 2. The molecule has 3 N–H and O–H groups in total. The monoisotopic (exact) mass is 155 g/mol. The molecule has 0 aromatic heterocycles. The zero-order chi connectivity index (χ0) is 7.59. The van der Waals surface area contributed by atoms with E-state index in [4.69, 9.17) is 0 Å². The standard InChI is InChI=1S/C8H13NO2/c10-7-5-3-1-2-4(3)6(5)8(11)9-7/h3-11H,1-2H2. The number of aliphatic hydroxyl groups is 2. The van der Waals surface area contributed by atoms with Crippen molar-refractivity contribution >= 4 is 0 Å². The maximum atomic E-state index is 9.44. The molecule has 0 aromatic rings. The van der Waals surface area contributed by atoms with Gasteiger partial charge in [0.25, 0.3) is 0 Å². The third kappa shape index (κ3) is 0.567. The van der Waals surface area contributed by atoms with Crippen molar-refractivity contribution in [3.63, 3.8) is 0 Å². The van der Waals surface area contributed by atoms with Crippen LogP contribution in [0.25, 0.3) is 0 Å². The van der Waals surface area contributed by atoms with Gasteiger partial charge in [0.05, 0.1) is 0 Å². The van der Waals surface area contributed by atoms with Crippen LogP contribution in [0.15, 0.2) is 0 Å². The van der Waals surface area contributed by atoms with Gasteiger partial charge in [0.15, 0.2) is 0 Å². The van der Waals surface area contributed by atoms with Crippen molar-refractivity contribution in [3.8, 4) is 0 Å². The van der Waals surface area contributed by atoms with Crippen LogP contribution in [0.4, 0.5) is 0 Å². The van der Waals surface area contributed by atoms with Crippen LogP contribution in [0.1, 0.15) is 12.8 Å². The molecule has 0 amide bonds. The van der Waals surface area contributed by atoms with E-state index in [0.717, 1.165) is 11.8 Å². The summed E-state index contributed by atoms with van der Waals surface area (Å²) in [7, 11) is 0. The van der Waals surface area contributed by atoms with E-state index >= 15 is 0 Å². The molecule has 3 nitrogen and oxygen atoms in total. The molecule has 1 saturated heterocycles. The van der Waals surface area contributed by atoms with Crippen LogP contribution in [-0.4, -0.2) is 22.7 Å². The van der Waals surface area contributed by atoms with E-state index in [-0.39, 0.29) is 0 Å². The van der Waals surface area contributed by atoms with Gasteiger partial charge in [-0.15, -0.1) is 0 Å². The van der Waals surface area contributed by atoms with Gasteiger partial charge < -0.3 is 10.2 Å². The largest absolute Gasteiger partial charge is 0.378 e. The fourth-order valence-corrected chi connectivity index (χ4v) is 3.22. The maximum Gasteiger partial charge on any atom is 0.110 e. The van der Waals surface area contributed by atoms with E-state index in [1.165, 1.54) is 12.8 Å². The van der Waals surface area contributed by atoms with Crippen LogP contribution in [0.5, 0.6) is 0 Å².